The fraction of sp³-hybridized carbons (Fsp3) is 0.478. The van der Waals surface area contributed by atoms with Crippen molar-refractivity contribution in [2.45, 2.75) is 60.1 Å². The summed E-state index contributed by atoms with van der Waals surface area (Å²) < 4.78 is 49.7. The molecule has 0 spiro atoms. The van der Waals surface area contributed by atoms with Gasteiger partial charge in [-0.05, 0) is 12.1 Å². The summed E-state index contributed by atoms with van der Waals surface area (Å²) in [5, 5.41) is 72.1. The molecule has 0 radical (unpaired) electrons. The first-order valence-corrected chi connectivity index (χ1v) is 19.4. The molecule has 3 aromatic rings. The van der Waals surface area contributed by atoms with Crippen LogP contribution >= 0.6 is 37.2 Å². The van der Waals surface area contributed by atoms with E-state index >= 15 is 0 Å². The molecule has 0 saturated carbocycles. The van der Waals surface area contributed by atoms with Gasteiger partial charge in [0.15, 0.2) is 23.7 Å². The van der Waals surface area contributed by atoms with Gasteiger partial charge in [0, 0.05) is 16.7 Å². The molecule has 2 aliphatic rings. The highest BCUT2D eigenvalue weighted by molar-refractivity contribution is 8.76. The minimum absolute atomic E-state index is 0.162. The Morgan fingerprint density at radius 3 is 2.42 bits per heavy atom. The average Bonchev–Trinajstić information content (AvgIpc) is 3.60. The summed E-state index contributed by atoms with van der Waals surface area (Å²) in [6, 6.07) is 3.20. The number of aliphatic hydroxyl groups is 5. The lowest BCUT2D eigenvalue weighted by Crippen LogP contribution is -2.58. The fourth-order valence-electron chi connectivity index (χ4n) is 4.89. The summed E-state index contributed by atoms with van der Waals surface area (Å²) in [7, 11) is -10.2. The second-order valence-electron chi connectivity index (χ2n) is 10.8. The number of anilines is 1. The molecule has 52 heavy (non-hydrogen) atoms. The van der Waals surface area contributed by atoms with Crippen LogP contribution in [0.25, 0.3) is 11.2 Å². The molecule has 4 heterocycles. The Hall–Kier alpha value is -3.08. The van der Waals surface area contributed by atoms with Crippen LogP contribution in [-0.2, 0) is 32.0 Å². The zero-order valence-electron chi connectivity index (χ0n) is 25.5. The molecular formula is C23H26N6O19P2S2-2. The predicted molar refractivity (Wildman–Crippen MR) is 167 cm³/mol. The average molecular weight is 817 g/mol. The number of phosphoric ester groups is 2. The maximum atomic E-state index is 12.5. The van der Waals surface area contributed by atoms with Crippen molar-refractivity contribution >= 4 is 66.0 Å². The number of benzene rings is 1. The van der Waals surface area contributed by atoms with E-state index in [1.54, 1.807) is 0 Å². The topological polar surface area (TPSA) is 398 Å². The Morgan fingerprint density at radius 1 is 1.06 bits per heavy atom. The van der Waals surface area contributed by atoms with Crippen molar-refractivity contribution < 1.29 is 82.1 Å². The zero-order valence-corrected chi connectivity index (χ0v) is 28.9. The number of imidazole rings is 1. The highest BCUT2D eigenvalue weighted by Gasteiger charge is 2.47. The Bertz CT molecular complexity index is 1990. The summed E-state index contributed by atoms with van der Waals surface area (Å²) in [4.78, 5) is 68.7. The molecule has 0 bridgehead atoms. The summed E-state index contributed by atoms with van der Waals surface area (Å²) >= 11 is 0. The van der Waals surface area contributed by atoms with Crippen LogP contribution in [0.2, 0.25) is 0 Å². The van der Waals surface area contributed by atoms with Gasteiger partial charge in [-0.25, -0.2) is 14.1 Å². The number of aromatic carboxylic acids is 1. The maximum Gasteiger partial charge on any atom is 0.342 e. The number of carbonyl (C=O) groups is 1. The second kappa shape index (κ2) is 15.7. The molecule has 0 amide bonds. The van der Waals surface area contributed by atoms with Gasteiger partial charge in [0.2, 0.25) is 5.95 Å². The fourth-order valence-corrected chi connectivity index (χ4v) is 9.20. The normalized spacial score (nSPS) is 30.2. The molecule has 29 heteroatoms. The van der Waals surface area contributed by atoms with Crippen LogP contribution in [-0.4, -0.2) is 122 Å². The highest BCUT2D eigenvalue weighted by atomic mass is 33.1. The molecule has 11 atom stereocenters. The summed E-state index contributed by atoms with van der Waals surface area (Å²) in [6.45, 7) is -1.13. The third kappa shape index (κ3) is 8.82. The summed E-state index contributed by atoms with van der Waals surface area (Å²) in [5.41, 5.74) is 3.16. The van der Waals surface area contributed by atoms with E-state index in [2.05, 4.69) is 28.3 Å². The molecule has 0 aliphatic carbocycles. The number of H-pyrrole nitrogens is 1. The number of ether oxygens (including phenoxy) is 2. The number of aromatic amines is 1. The zero-order chi connectivity index (χ0) is 38.3. The monoisotopic (exact) mass is 816 g/mol. The number of nitro benzene ring substituents is 1. The summed E-state index contributed by atoms with van der Waals surface area (Å²) in [6.07, 6.45) is -15.8. The molecule has 25 nitrogen and oxygen atoms in total. The van der Waals surface area contributed by atoms with Crippen molar-refractivity contribution in [2.24, 2.45) is 0 Å². The molecular weight excluding hydrogens is 790 g/mol. The largest absolute Gasteiger partial charge is 0.756 e. The number of nitrogens with one attached hydrogen (secondary N) is 1. The number of nitrogen functional groups attached to an aromatic ring is 1. The van der Waals surface area contributed by atoms with Gasteiger partial charge in [-0.15, -0.1) is 0 Å². The van der Waals surface area contributed by atoms with E-state index in [1.165, 1.54) is 6.07 Å². The van der Waals surface area contributed by atoms with Gasteiger partial charge in [-0.1, -0.05) is 21.6 Å². The van der Waals surface area contributed by atoms with Gasteiger partial charge < -0.3 is 60.2 Å². The highest BCUT2D eigenvalue weighted by Crippen LogP contribution is 2.57. The minimum Gasteiger partial charge on any atom is -0.756 e. The Labute approximate surface area is 296 Å². The Balaban J connectivity index is 1.17. The third-order valence-corrected chi connectivity index (χ3v) is 12.2. The van der Waals surface area contributed by atoms with Crippen LogP contribution in [0.3, 0.4) is 0 Å². The van der Waals surface area contributed by atoms with Crippen molar-refractivity contribution in [1.82, 2.24) is 19.5 Å². The molecule has 286 valence electrons. The Kier molecular flexibility index (Phi) is 12.1. The van der Waals surface area contributed by atoms with E-state index < -0.39 is 105 Å². The third-order valence-electron chi connectivity index (χ3n) is 7.34. The first-order valence-electron chi connectivity index (χ1n) is 14.2. The van der Waals surface area contributed by atoms with Crippen LogP contribution in [0.5, 0.6) is 0 Å². The van der Waals surface area contributed by atoms with E-state index in [9.17, 15) is 69.3 Å². The number of aliphatic hydroxyl groups excluding tert-OH is 5. The molecule has 4 unspecified atom stereocenters. The van der Waals surface area contributed by atoms with E-state index in [1.807, 2.05) is 0 Å². The number of fused-ring (bicyclic) bond motifs is 1. The number of aromatic nitrogens is 4. The van der Waals surface area contributed by atoms with E-state index in [4.69, 9.17) is 15.2 Å². The molecule has 2 aliphatic heterocycles. The van der Waals surface area contributed by atoms with Crippen molar-refractivity contribution in [3.05, 3.63) is 50.6 Å². The van der Waals surface area contributed by atoms with Gasteiger partial charge in [0.05, 0.1) is 24.0 Å². The quantitative estimate of drug-likeness (QED) is 0.0351. The maximum absolute atomic E-state index is 12.5. The van der Waals surface area contributed by atoms with Crippen molar-refractivity contribution in [1.29, 1.82) is 0 Å². The molecule has 2 saturated heterocycles. The smallest absolute Gasteiger partial charge is 0.342 e. The lowest BCUT2D eigenvalue weighted by atomic mass is 10.0. The molecule has 5 rings (SSSR count). The van der Waals surface area contributed by atoms with Crippen LogP contribution in [0.1, 0.15) is 16.6 Å². The lowest BCUT2D eigenvalue weighted by Gasteiger charge is -2.42. The van der Waals surface area contributed by atoms with E-state index in [0.717, 1.165) is 44.6 Å². The molecule has 1 aromatic carbocycles. The number of nitrogens with two attached hydrogens (primary N) is 1. The van der Waals surface area contributed by atoms with Crippen molar-refractivity contribution in [2.75, 3.05) is 18.1 Å². The number of hydrogen-bond acceptors (Lipinski definition) is 23. The number of nitro groups is 1. The molecule has 9 N–H and O–H groups in total. The van der Waals surface area contributed by atoms with Crippen LogP contribution in [0.15, 0.2) is 34.2 Å². The standard InChI is InChI=1S/C23H28N6O19P2S2/c24-23-26-18-12(19(35)27-23)25-6-28(18)20-16(33)13(30)10(45-20)4-44-49(40,41)48-50(42,43)47-22-17(34)15(32)14(31)11(46-22)5-51-52-7-1-2-9(29(38)39)8(3-7)21(36)37/h1-3,6,10-11,13-17,20,22,30-34H,4-5H2,(H,36,37)(H,40,41)(H,42,43)(H3,24,26,27,35)/p-2/t10-,11+,13+,14-,15-,16?,17+,20-,22?/m1/s1. The van der Waals surface area contributed by atoms with Crippen molar-refractivity contribution in [3.63, 3.8) is 0 Å². The van der Waals surface area contributed by atoms with E-state index in [0.29, 0.717) is 0 Å². The van der Waals surface area contributed by atoms with Crippen molar-refractivity contribution in [3.8, 4) is 0 Å². The number of nitrogens with zero attached hydrogens (tertiary/aromatic N) is 4. The minimum atomic E-state index is -6.04. The number of phosphoric acid groups is 2. The van der Waals surface area contributed by atoms with E-state index in [-0.39, 0.29) is 27.8 Å². The van der Waals surface area contributed by atoms with Gasteiger partial charge >= 0.3 is 5.97 Å². The first kappa shape index (κ1) is 40.1. The predicted octanol–water partition coefficient (Wildman–Crippen LogP) is -2.84. The lowest BCUT2D eigenvalue weighted by molar-refractivity contribution is -0.385. The number of carboxylic acid groups (broad SMARTS) is 1. The first-order chi connectivity index (χ1) is 24.3. The van der Waals surface area contributed by atoms with Gasteiger partial charge in [0.1, 0.15) is 42.2 Å². The van der Waals surface area contributed by atoms with Gasteiger partial charge in [-0.3, -0.25) is 38.1 Å². The van der Waals surface area contributed by atoms with Crippen LogP contribution in [0.4, 0.5) is 11.6 Å². The molecule has 2 aromatic heterocycles. The van der Waals surface area contributed by atoms with Crippen LogP contribution in [0, 0.1) is 10.1 Å². The number of rotatable bonds is 14. The van der Waals surface area contributed by atoms with Gasteiger partial charge in [-0.2, -0.15) is 4.98 Å². The number of hydrogen-bond donors (Lipinski definition) is 8. The molecule has 2 fully saturated rings. The number of carboxylic acids is 1. The second-order valence-corrected chi connectivity index (χ2v) is 16.1. The Morgan fingerprint density at radius 2 is 1.75 bits per heavy atom. The van der Waals surface area contributed by atoms with Gasteiger partial charge in [0.25, 0.3) is 26.9 Å². The van der Waals surface area contributed by atoms with Crippen LogP contribution < -0.4 is 21.1 Å². The summed E-state index contributed by atoms with van der Waals surface area (Å²) in [5.74, 6) is -2.18. The SMILES string of the molecule is Nc1nc2c(ncn2[C@@H]2O[C@H](COP(=O)([O-])OP(=O)([O-])OC3O[C@@H](CSSc4ccc([N+](=O)[O-])c(C(=O)O)c4)[C@@H](O)[C@@H](O)[C@@H]3O)[C@H](O)C2O)c(=O)[nH]1.